The van der Waals surface area contributed by atoms with Crippen LogP contribution >= 0.6 is 0 Å². The highest BCUT2D eigenvalue weighted by Crippen LogP contribution is 2.22. The quantitative estimate of drug-likeness (QED) is 0.869. The second-order valence-corrected chi connectivity index (χ2v) is 6.15. The van der Waals surface area contributed by atoms with Crippen molar-refractivity contribution < 1.29 is 17.2 Å². The molecule has 106 valence electrons. The highest BCUT2D eigenvalue weighted by atomic mass is 32.2. The van der Waals surface area contributed by atoms with Gasteiger partial charge in [0.1, 0.15) is 11.6 Å². The number of aromatic nitrogens is 1. The average molecular weight is 298 g/mol. The smallest absolute Gasteiger partial charge is 0.248 e. The van der Waals surface area contributed by atoms with Crippen molar-refractivity contribution in [3.05, 3.63) is 59.9 Å². The van der Waals surface area contributed by atoms with Gasteiger partial charge in [0.15, 0.2) is 4.90 Å². The van der Waals surface area contributed by atoms with E-state index in [0.717, 1.165) is 22.5 Å². The van der Waals surface area contributed by atoms with Gasteiger partial charge in [0.2, 0.25) is 10.0 Å². The minimum Gasteiger partial charge on any atom is -0.265 e. The lowest BCUT2D eigenvalue weighted by Gasteiger charge is -2.18. The minimum absolute atomic E-state index is 0.00136. The normalized spacial score (nSPS) is 11.8. The van der Waals surface area contributed by atoms with E-state index < -0.39 is 26.6 Å². The van der Waals surface area contributed by atoms with Gasteiger partial charge in [-0.05, 0) is 29.8 Å². The Morgan fingerprint density at radius 2 is 1.65 bits per heavy atom. The van der Waals surface area contributed by atoms with Crippen LogP contribution in [0.15, 0.2) is 47.6 Å². The van der Waals surface area contributed by atoms with E-state index in [2.05, 4.69) is 4.98 Å². The van der Waals surface area contributed by atoms with Crippen LogP contribution in [0.5, 0.6) is 0 Å². The second kappa shape index (κ2) is 5.64. The molecule has 0 fully saturated rings. The summed E-state index contributed by atoms with van der Waals surface area (Å²) in [5.74, 6) is -2.21. The predicted molar refractivity (Wildman–Crippen MR) is 69.2 cm³/mol. The molecule has 0 radical (unpaired) electrons. The summed E-state index contributed by atoms with van der Waals surface area (Å²) in [4.78, 5) is 2.88. The van der Waals surface area contributed by atoms with Gasteiger partial charge in [-0.3, -0.25) is 4.98 Å². The second-order valence-electron chi connectivity index (χ2n) is 4.17. The molecule has 1 aromatic carbocycles. The maximum Gasteiger partial charge on any atom is 0.248 e. The van der Waals surface area contributed by atoms with E-state index in [1.54, 1.807) is 12.1 Å². The molecule has 0 aliphatic carbocycles. The van der Waals surface area contributed by atoms with Crippen molar-refractivity contribution in [2.45, 2.75) is 11.4 Å². The number of halogens is 2. The Hall–Kier alpha value is -1.86. The first-order chi connectivity index (χ1) is 9.43. The summed E-state index contributed by atoms with van der Waals surface area (Å²) in [6.07, 6.45) is 3.03. The third kappa shape index (κ3) is 2.83. The van der Waals surface area contributed by atoms with Crippen molar-refractivity contribution in [3.63, 3.8) is 0 Å². The zero-order chi connectivity index (χ0) is 14.8. The highest BCUT2D eigenvalue weighted by molar-refractivity contribution is 7.89. The van der Waals surface area contributed by atoms with Gasteiger partial charge in [0.05, 0.1) is 0 Å². The Bertz CT molecular complexity index is 685. The molecule has 0 aliphatic heterocycles. The van der Waals surface area contributed by atoms with Crippen LogP contribution in [0, 0.1) is 11.6 Å². The number of hydrogen-bond donors (Lipinski definition) is 0. The molecule has 0 N–H and O–H groups in total. The van der Waals surface area contributed by atoms with Gasteiger partial charge in [-0.25, -0.2) is 17.2 Å². The molecule has 7 heteroatoms. The minimum atomic E-state index is -4.24. The molecule has 0 saturated heterocycles. The third-order valence-corrected chi connectivity index (χ3v) is 4.60. The van der Waals surface area contributed by atoms with Crippen LogP contribution in [0.2, 0.25) is 0 Å². The fourth-order valence-electron chi connectivity index (χ4n) is 1.72. The Kier molecular flexibility index (Phi) is 4.10. The monoisotopic (exact) mass is 298 g/mol. The summed E-state index contributed by atoms with van der Waals surface area (Å²) in [5.41, 5.74) is 0.669. The molecule has 0 bridgehead atoms. The molecule has 0 spiro atoms. The molecule has 2 aromatic rings. The largest absolute Gasteiger partial charge is 0.265 e. The molecule has 1 heterocycles. The summed E-state index contributed by atoms with van der Waals surface area (Å²) in [5, 5.41) is 0. The lowest BCUT2D eigenvalue weighted by molar-refractivity contribution is 0.448. The number of hydrogen-bond acceptors (Lipinski definition) is 3. The molecule has 20 heavy (non-hydrogen) atoms. The van der Waals surface area contributed by atoms with Crippen molar-refractivity contribution in [2.75, 3.05) is 7.05 Å². The van der Waals surface area contributed by atoms with Crippen molar-refractivity contribution in [1.29, 1.82) is 0 Å². The fourth-order valence-corrected chi connectivity index (χ4v) is 2.97. The summed E-state index contributed by atoms with van der Waals surface area (Å²) in [6.45, 7) is -0.00136. The van der Waals surface area contributed by atoms with E-state index >= 15 is 0 Å². The zero-order valence-corrected chi connectivity index (χ0v) is 11.4. The van der Waals surface area contributed by atoms with Gasteiger partial charge in [-0.1, -0.05) is 6.07 Å². The van der Waals surface area contributed by atoms with Crippen LogP contribution in [0.3, 0.4) is 0 Å². The summed E-state index contributed by atoms with van der Waals surface area (Å²) < 4.78 is 52.5. The molecule has 1 aromatic heterocycles. The maximum atomic E-state index is 13.6. The molecule has 0 unspecified atom stereocenters. The van der Waals surface area contributed by atoms with Crippen molar-refractivity contribution in [2.24, 2.45) is 0 Å². The molecule has 0 aliphatic rings. The fraction of sp³-hybridized carbons (Fsp3) is 0.154. The Morgan fingerprint density at radius 3 is 2.20 bits per heavy atom. The zero-order valence-electron chi connectivity index (χ0n) is 10.6. The van der Waals surface area contributed by atoms with Crippen LogP contribution in [0.1, 0.15) is 5.56 Å². The maximum absolute atomic E-state index is 13.6. The molecular formula is C13H12F2N2O2S. The lowest BCUT2D eigenvalue weighted by atomic mass is 10.3. The summed E-state index contributed by atoms with van der Waals surface area (Å²) >= 11 is 0. The van der Waals surface area contributed by atoms with E-state index in [0.29, 0.717) is 5.56 Å². The standard InChI is InChI=1S/C13H12F2N2O2S/c1-17(9-10-5-7-16-8-6-10)20(18,19)13-11(14)3-2-4-12(13)15/h2-8H,9H2,1H3. The summed E-state index contributed by atoms with van der Waals surface area (Å²) in [7, 11) is -2.97. The van der Waals surface area contributed by atoms with Crippen LogP contribution in [0.25, 0.3) is 0 Å². The van der Waals surface area contributed by atoms with E-state index in [9.17, 15) is 17.2 Å². The first-order valence-corrected chi connectivity index (χ1v) is 7.16. The Morgan fingerprint density at radius 1 is 1.10 bits per heavy atom. The van der Waals surface area contributed by atoms with Gasteiger partial charge >= 0.3 is 0 Å². The van der Waals surface area contributed by atoms with Crippen LogP contribution in [-0.4, -0.2) is 24.8 Å². The van der Waals surface area contributed by atoms with E-state index in [-0.39, 0.29) is 6.54 Å². The average Bonchev–Trinajstić information content (AvgIpc) is 2.39. The molecule has 0 saturated carbocycles. The number of pyridine rings is 1. The molecule has 4 nitrogen and oxygen atoms in total. The molecule has 2 rings (SSSR count). The molecule has 0 amide bonds. The number of sulfonamides is 1. The van der Waals surface area contributed by atoms with Gasteiger partial charge in [-0.15, -0.1) is 0 Å². The number of nitrogens with zero attached hydrogens (tertiary/aromatic N) is 2. The Balaban J connectivity index is 2.35. The van der Waals surface area contributed by atoms with E-state index in [1.807, 2.05) is 0 Å². The van der Waals surface area contributed by atoms with Gasteiger partial charge in [0, 0.05) is 26.0 Å². The van der Waals surface area contributed by atoms with Gasteiger partial charge in [-0.2, -0.15) is 4.31 Å². The molecule has 0 atom stereocenters. The lowest BCUT2D eigenvalue weighted by Crippen LogP contribution is -2.28. The van der Waals surface area contributed by atoms with E-state index in [1.165, 1.54) is 19.4 Å². The third-order valence-electron chi connectivity index (χ3n) is 2.74. The number of rotatable bonds is 4. The van der Waals surface area contributed by atoms with Crippen molar-refractivity contribution >= 4 is 10.0 Å². The van der Waals surface area contributed by atoms with Gasteiger partial charge in [0.25, 0.3) is 0 Å². The SMILES string of the molecule is CN(Cc1ccncc1)S(=O)(=O)c1c(F)cccc1F. The van der Waals surface area contributed by atoms with Crippen molar-refractivity contribution in [3.8, 4) is 0 Å². The Labute approximate surface area is 115 Å². The first-order valence-electron chi connectivity index (χ1n) is 5.72. The molecular weight excluding hydrogens is 286 g/mol. The first kappa shape index (κ1) is 14.5. The van der Waals surface area contributed by atoms with Crippen LogP contribution < -0.4 is 0 Å². The predicted octanol–water partition coefficient (Wildman–Crippen LogP) is 2.18. The van der Waals surface area contributed by atoms with Crippen LogP contribution in [0.4, 0.5) is 8.78 Å². The number of benzene rings is 1. The van der Waals surface area contributed by atoms with Crippen molar-refractivity contribution in [1.82, 2.24) is 9.29 Å². The van der Waals surface area contributed by atoms with E-state index in [4.69, 9.17) is 0 Å². The van der Waals surface area contributed by atoms with Crippen LogP contribution in [-0.2, 0) is 16.6 Å². The topological polar surface area (TPSA) is 50.3 Å². The summed E-state index contributed by atoms with van der Waals surface area (Å²) in [6, 6.07) is 6.20. The highest BCUT2D eigenvalue weighted by Gasteiger charge is 2.28. The van der Waals surface area contributed by atoms with Gasteiger partial charge < -0.3 is 0 Å².